The van der Waals surface area contributed by atoms with Gasteiger partial charge in [0.25, 0.3) is 0 Å². The Morgan fingerprint density at radius 1 is 1.17 bits per heavy atom. The highest BCUT2D eigenvalue weighted by atomic mass is 32.2. The van der Waals surface area contributed by atoms with Crippen molar-refractivity contribution < 1.29 is 9.21 Å². The summed E-state index contributed by atoms with van der Waals surface area (Å²) in [7, 11) is 0. The quantitative estimate of drug-likeness (QED) is 0.666. The second-order valence-electron chi connectivity index (χ2n) is 4.15. The maximum absolute atomic E-state index is 11.9. The lowest BCUT2D eigenvalue weighted by Crippen LogP contribution is -2.14. The summed E-state index contributed by atoms with van der Waals surface area (Å²) in [5.41, 5.74) is 0.799. The molecular weight excluding hydrogens is 354 g/mol. The van der Waals surface area contributed by atoms with E-state index in [4.69, 9.17) is 4.42 Å². The number of carbonyl (C=O) groups excluding carboxylic acids is 1. The van der Waals surface area contributed by atoms with E-state index in [1.165, 1.54) is 34.9 Å². The first-order chi connectivity index (χ1) is 11.2. The third-order valence-corrected chi connectivity index (χ3v) is 5.61. The van der Waals surface area contributed by atoms with Gasteiger partial charge in [0.1, 0.15) is 0 Å². The molecule has 0 saturated heterocycles. The molecule has 0 aliphatic carbocycles. The van der Waals surface area contributed by atoms with Crippen LogP contribution in [0.2, 0.25) is 0 Å². The second-order valence-corrected chi connectivity index (χ2v) is 7.41. The fourth-order valence-corrected chi connectivity index (χ4v) is 3.83. The second kappa shape index (κ2) is 7.57. The van der Waals surface area contributed by atoms with Gasteiger partial charge in [-0.2, -0.15) is 0 Å². The molecule has 10 heteroatoms. The lowest BCUT2D eigenvalue weighted by atomic mass is 10.2. The standard InChI is InChI=1S/C13H11N5O2S3/c1-21-12-17-18-13(23-12)22-7-9(19)14-11-16-15-10(20-11)8-5-3-2-4-6-8/h2-6H,7H2,1H3,(H,14,16,19). The van der Waals surface area contributed by atoms with Gasteiger partial charge in [-0.15, -0.1) is 15.3 Å². The maximum atomic E-state index is 11.9. The van der Waals surface area contributed by atoms with Crippen LogP contribution in [0.15, 0.2) is 43.4 Å². The molecule has 0 atom stereocenters. The van der Waals surface area contributed by atoms with Crippen LogP contribution >= 0.6 is 34.9 Å². The number of hydrogen-bond acceptors (Lipinski definition) is 9. The number of nitrogens with one attached hydrogen (secondary N) is 1. The zero-order valence-corrected chi connectivity index (χ0v) is 14.4. The molecule has 0 unspecified atom stereocenters. The highest BCUT2D eigenvalue weighted by Gasteiger charge is 2.12. The predicted molar refractivity (Wildman–Crippen MR) is 90.8 cm³/mol. The molecule has 1 aromatic carbocycles. The van der Waals surface area contributed by atoms with Crippen LogP contribution in [-0.4, -0.2) is 38.3 Å². The van der Waals surface area contributed by atoms with Crippen LogP contribution in [0.5, 0.6) is 0 Å². The van der Waals surface area contributed by atoms with E-state index in [0.717, 1.165) is 14.2 Å². The van der Waals surface area contributed by atoms with Gasteiger partial charge in [0.05, 0.1) is 5.75 Å². The molecule has 1 N–H and O–H groups in total. The Hall–Kier alpha value is -1.91. The van der Waals surface area contributed by atoms with Gasteiger partial charge in [-0.05, 0) is 18.4 Å². The minimum Gasteiger partial charge on any atom is -0.403 e. The first-order valence-electron chi connectivity index (χ1n) is 6.43. The van der Waals surface area contributed by atoms with E-state index in [1.807, 2.05) is 36.6 Å². The number of nitrogens with zero attached hydrogens (tertiary/aromatic N) is 4. The van der Waals surface area contributed by atoms with Crippen molar-refractivity contribution in [2.45, 2.75) is 8.68 Å². The van der Waals surface area contributed by atoms with Gasteiger partial charge in [0.2, 0.25) is 11.8 Å². The predicted octanol–water partition coefficient (Wildman–Crippen LogP) is 3.04. The third-order valence-electron chi connectivity index (χ3n) is 2.58. The van der Waals surface area contributed by atoms with E-state index >= 15 is 0 Å². The molecule has 3 rings (SSSR count). The summed E-state index contributed by atoms with van der Waals surface area (Å²) in [4.78, 5) is 11.9. The molecular formula is C13H11N5O2S3. The summed E-state index contributed by atoms with van der Waals surface area (Å²) < 4.78 is 7.04. The summed E-state index contributed by atoms with van der Waals surface area (Å²) in [6, 6.07) is 9.44. The molecule has 2 aromatic heterocycles. The number of rotatable bonds is 6. The normalized spacial score (nSPS) is 10.7. The van der Waals surface area contributed by atoms with Crippen molar-refractivity contribution in [3.63, 3.8) is 0 Å². The average molecular weight is 365 g/mol. The van der Waals surface area contributed by atoms with E-state index in [-0.39, 0.29) is 17.7 Å². The van der Waals surface area contributed by atoms with Crippen molar-refractivity contribution in [2.75, 3.05) is 17.3 Å². The van der Waals surface area contributed by atoms with Crippen LogP contribution in [0.1, 0.15) is 0 Å². The van der Waals surface area contributed by atoms with Crippen LogP contribution in [0.3, 0.4) is 0 Å². The Morgan fingerprint density at radius 3 is 2.70 bits per heavy atom. The van der Waals surface area contributed by atoms with Gasteiger partial charge < -0.3 is 4.42 Å². The summed E-state index contributed by atoms with van der Waals surface area (Å²) in [5, 5.41) is 18.3. The highest BCUT2D eigenvalue weighted by Crippen LogP contribution is 2.27. The fourth-order valence-electron chi connectivity index (χ4n) is 1.59. The van der Waals surface area contributed by atoms with Crippen molar-refractivity contribution in [2.24, 2.45) is 0 Å². The Bertz CT molecular complexity index is 790. The molecule has 0 aliphatic rings. The molecule has 118 valence electrons. The van der Waals surface area contributed by atoms with Crippen LogP contribution in [0.25, 0.3) is 11.5 Å². The van der Waals surface area contributed by atoms with Crippen molar-refractivity contribution in [1.29, 1.82) is 0 Å². The van der Waals surface area contributed by atoms with Crippen LogP contribution in [-0.2, 0) is 4.79 Å². The number of thioether (sulfide) groups is 2. The first-order valence-corrected chi connectivity index (χ1v) is 9.46. The lowest BCUT2D eigenvalue weighted by Gasteiger charge is -1.98. The zero-order valence-electron chi connectivity index (χ0n) is 11.9. The molecule has 0 fully saturated rings. The molecule has 0 bridgehead atoms. The van der Waals surface area contributed by atoms with Gasteiger partial charge in [-0.3, -0.25) is 10.1 Å². The molecule has 0 spiro atoms. The first kappa shape index (κ1) is 16.0. The van der Waals surface area contributed by atoms with E-state index in [1.54, 1.807) is 0 Å². The molecule has 0 aliphatic heterocycles. The molecule has 0 saturated carbocycles. The van der Waals surface area contributed by atoms with E-state index in [0.29, 0.717) is 5.89 Å². The zero-order chi connectivity index (χ0) is 16.1. The number of aromatic nitrogens is 4. The summed E-state index contributed by atoms with van der Waals surface area (Å²) in [6.07, 6.45) is 1.93. The van der Waals surface area contributed by atoms with Crippen LogP contribution < -0.4 is 5.32 Å². The number of amides is 1. The van der Waals surface area contributed by atoms with Gasteiger partial charge >= 0.3 is 6.01 Å². The Labute approximate surface area is 144 Å². The van der Waals surface area contributed by atoms with E-state index < -0.39 is 0 Å². The van der Waals surface area contributed by atoms with Crippen molar-refractivity contribution in [3.8, 4) is 11.5 Å². The molecule has 1 amide bonds. The van der Waals surface area contributed by atoms with Gasteiger partial charge in [0.15, 0.2) is 8.68 Å². The van der Waals surface area contributed by atoms with E-state index in [9.17, 15) is 4.79 Å². The Balaban J connectivity index is 1.55. The van der Waals surface area contributed by atoms with Crippen LogP contribution in [0.4, 0.5) is 6.01 Å². The minimum absolute atomic E-state index is 0.0801. The summed E-state index contributed by atoms with van der Waals surface area (Å²) in [6.45, 7) is 0. The molecule has 2 heterocycles. The summed E-state index contributed by atoms with van der Waals surface area (Å²) in [5.74, 6) is 0.327. The van der Waals surface area contributed by atoms with Crippen molar-refractivity contribution in [3.05, 3.63) is 30.3 Å². The maximum Gasteiger partial charge on any atom is 0.322 e. The topological polar surface area (TPSA) is 93.8 Å². The SMILES string of the molecule is CSc1nnc(SCC(=O)Nc2nnc(-c3ccccc3)o2)s1. The number of hydrogen-bond donors (Lipinski definition) is 1. The monoisotopic (exact) mass is 365 g/mol. The fraction of sp³-hybridized carbons (Fsp3) is 0.154. The highest BCUT2D eigenvalue weighted by molar-refractivity contribution is 8.03. The molecule has 3 aromatic rings. The van der Waals surface area contributed by atoms with Gasteiger partial charge in [0, 0.05) is 5.56 Å². The molecule has 0 radical (unpaired) electrons. The van der Waals surface area contributed by atoms with Crippen LogP contribution in [0, 0.1) is 0 Å². The lowest BCUT2D eigenvalue weighted by molar-refractivity contribution is -0.113. The van der Waals surface area contributed by atoms with Gasteiger partial charge in [-0.25, -0.2) is 0 Å². The average Bonchev–Trinajstić information content (AvgIpc) is 3.23. The number of carbonyl (C=O) groups is 1. The smallest absolute Gasteiger partial charge is 0.322 e. The van der Waals surface area contributed by atoms with Gasteiger partial charge in [-0.1, -0.05) is 58.2 Å². The Kier molecular flexibility index (Phi) is 5.26. The summed E-state index contributed by atoms with van der Waals surface area (Å²) >= 11 is 4.30. The number of benzene rings is 1. The Morgan fingerprint density at radius 2 is 1.96 bits per heavy atom. The largest absolute Gasteiger partial charge is 0.403 e. The molecule has 7 nitrogen and oxygen atoms in total. The molecule has 23 heavy (non-hydrogen) atoms. The minimum atomic E-state index is -0.237. The van der Waals surface area contributed by atoms with E-state index in [2.05, 4.69) is 25.7 Å². The van der Waals surface area contributed by atoms with Crippen molar-refractivity contribution in [1.82, 2.24) is 20.4 Å². The van der Waals surface area contributed by atoms with Crippen molar-refractivity contribution >= 4 is 46.8 Å². The number of anilines is 1. The third kappa shape index (κ3) is 4.30.